The molecule has 0 aliphatic heterocycles. The monoisotopic (exact) mass is 339 g/mol. The molecule has 0 radical (unpaired) electrons. The number of nitro groups is 1. The Labute approximate surface area is 138 Å². The Bertz CT molecular complexity index is 695. The number of carbonyl (C=O) groups is 2. The van der Waals surface area contributed by atoms with Gasteiger partial charge in [-0.3, -0.25) is 19.7 Å². The minimum absolute atomic E-state index is 0.113. The van der Waals surface area contributed by atoms with Crippen LogP contribution in [0.5, 0.6) is 0 Å². The van der Waals surface area contributed by atoms with E-state index < -0.39 is 33.8 Å². The summed E-state index contributed by atoms with van der Waals surface area (Å²) in [5.74, 6) is -1.67. The zero-order valence-corrected chi connectivity index (χ0v) is 13.8. The van der Waals surface area contributed by atoms with Crippen LogP contribution in [0.3, 0.4) is 0 Å². The Kier molecular flexibility index (Phi) is 6.21. The molecule has 1 aromatic heterocycles. The lowest BCUT2D eigenvalue weighted by Gasteiger charge is -2.26. The lowest BCUT2D eigenvalue weighted by atomic mass is 9.91. The lowest BCUT2D eigenvalue weighted by Crippen LogP contribution is -2.48. The summed E-state index contributed by atoms with van der Waals surface area (Å²) in [6, 6.07) is 1.14. The number of carboxylic acid groups (broad SMARTS) is 1. The standard InChI is InChI=1S/C15H21N3O6/c1-4-5-11(13(20)21)16-14(22)15(2,3)9-17-8-10(18(23)24)6-7-12(17)19/h6-8,11H,4-5,9H2,1-3H3,(H,16,22)(H,20,21). The number of amides is 1. The summed E-state index contributed by atoms with van der Waals surface area (Å²) in [5.41, 5.74) is -1.87. The minimum Gasteiger partial charge on any atom is -0.480 e. The second-order valence-corrected chi connectivity index (χ2v) is 6.15. The summed E-state index contributed by atoms with van der Waals surface area (Å²) in [4.78, 5) is 45.5. The van der Waals surface area contributed by atoms with Gasteiger partial charge in [0.25, 0.3) is 11.2 Å². The third kappa shape index (κ3) is 4.90. The van der Waals surface area contributed by atoms with Gasteiger partial charge in [-0.15, -0.1) is 0 Å². The molecule has 1 amide bonds. The molecule has 1 heterocycles. The molecule has 1 aromatic rings. The van der Waals surface area contributed by atoms with Crippen molar-refractivity contribution in [1.29, 1.82) is 0 Å². The number of hydrogen-bond acceptors (Lipinski definition) is 5. The number of pyridine rings is 1. The van der Waals surface area contributed by atoms with Crippen LogP contribution in [0, 0.1) is 15.5 Å². The van der Waals surface area contributed by atoms with Crippen LogP contribution >= 0.6 is 0 Å². The summed E-state index contributed by atoms with van der Waals surface area (Å²) in [6.45, 7) is 4.77. The van der Waals surface area contributed by atoms with Gasteiger partial charge in [0.1, 0.15) is 6.04 Å². The first-order valence-corrected chi connectivity index (χ1v) is 7.47. The van der Waals surface area contributed by atoms with Gasteiger partial charge < -0.3 is 15.0 Å². The molecule has 9 heteroatoms. The molecule has 0 fully saturated rings. The SMILES string of the molecule is CCCC(NC(=O)C(C)(C)Cn1cc([N+](=O)[O-])ccc1=O)C(=O)O. The fraction of sp³-hybridized carbons (Fsp3) is 0.533. The maximum Gasteiger partial charge on any atom is 0.326 e. The van der Waals surface area contributed by atoms with Crippen molar-refractivity contribution in [3.05, 3.63) is 38.8 Å². The van der Waals surface area contributed by atoms with E-state index in [9.17, 15) is 24.5 Å². The highest BCUT2D eigenvalue weighted by molar-refractivity contribution is 5.86. The van der Waals surface area contributed by atoms with Crippen molar-refractivity contribution in [2.45, 2.75) is 46.2 Å². The van der Waals surface area contributed by atoms with Gasteiger partial charge in [0.15, 0.2) is 0 Å². The second-order valence-electron chi connectivity index (χ2n) is 6.15. The molecular weight excluding hydrogens is 318 g/mol. The molecule has 0 aromatic carbocycles. The van der Waals surface area contributed by atoms with Crippen molar-refractivity contribution in [2.75, 3.05) is 0 Å². The van der Waals surface area contributed by atoms with E-state index >= 15 is 0 Å². The van der Waals surface area contributed by atoms with E-state index in [1.165, 1.54) is 0 Å². The number of carbonyl (C=O) groups excluding carboxylic acids is 1. The Hall–Kier alpha value is -2.71. The number of nitrogens with one attached hydrogen (secondary N) is 1. The van der Waals surface area contributed by atoms with E-state index in [0.29, 0.717) is 6.42 Å². The van der Waals surface area contributed by atoms with Gasteiger partial charge in [0, 0.05) is 18.7 Å². The maximum atomic E-state index is 12.4. The first-order chi connectivity index (χ1) is 11.1. The zero-order chi connectivity index (χ0) is 18.5. The summed E-state index contributed by atoms with van der Waals surface area (Å²) >= 11 is 0. The third-order valence-electron chi connectivity index (χ3n) is 3.54. The van der Waals surface area contributed by atoms with Gasteiger partial charge in [0.05, 0.1) is 16.5 Å². The van der Waals surface area contributed by atoms with Crippen LogP contribution in [0.25, 0.3) is 0 Å². The van der Waals surface area contributed by atoms with Crippen LogP contribution in [-0.2, 0) is 16.1 Å². The fourth-order valence-electron chi connectivity index (χ4n) is 2.15. The number of nitrogens with zero attached hydrogens (tertiary/aromatic N) is 2. The molecule has 0 aliphatic rings. The molecule has 0 bridgehead atoms. The Balaban J connectivity index is 2.98. The molecule has 1 atom stereocenters. The third-order valence-corrected chi connectivity index (χ3v) is 3.54. The van der Waals surface area contributed by atoms with Crippen molar-refractivity contribution < 1.29 is 19.6 Å². The van der Waals surface area contributed by atoms with E-state index in [1.54, 1.807) is 20.8 Å². The van der Waals surface area contributed by atoms with Crippen LogP contribution < -0.4 is 10.9 Å². The zero-order valence-electron chi connectivity index (χ0n) is 13.8. The molecule has 2 N–H and O–H groups in total. The minimum atomic E-state index is -1.13. The molecule has 9 nitrogen and oxygen atoms in total. The summed E-state index contributed by atoms with van der Waals surface area (Å²) in [5, 5.41) is 22.4. The highest BCUT2D eigenvalue weighted by atomic mass is 16.6. The molecule has 0 aliphatic carbocycles. The van der Waals surface area contributed by atoms with Crippen molar-refractivity contribution in [3.63, 3.8) is 0 Å². The van der Waals surface area contributed by atoms with Gasteiger partial charge in [-0.1, -0.05) is 13.3 Å². The number of carboxylic acids is 1. The smallest absolute Gasteiger partial charge is 0.326 e. The van der Waals surface area contributed by atoms with Gasteiger partial charge >= 0.3 is 5.97 Å². The Morgan fingerprint density at radius 2 is 2.04 bits per heavy atom. The Morgan fingerprint density at radius 1 is 1.42 bits per heavy atom. The number of aromatic nitrogens is 1. The van der Waals surface area contributed by atoms with Crippen LogP contribution in [0.2, 0.25) is 0 Å². The van der Waals surface area contributed by atoms with Crippen LogP contribution in [0.4, 0.5) is 5.69 Å². The van der Waals surface area contributed by atoms with E-state index in [1.807, 2.05) is 0 Å². The van der Waals surface area contributed by atoms with Crippen LogP contribution in [0.1, 0.15) is 33.6 Å². The topological polar surface area (TPSA) is 132 Å². The van der Waals surface area contributed by atoms with E-state index in [4.69, 9.17) is 5.11 Å². The predicted octanol–water partition coefficient (Wildman–Crippen LogP) is 1.15. The molecule has 0 saturated carbocycles. The summed E-state index contributed by atoms with van der Waals surface area (Å²) in [6.07, 6.45) is 1.94. The predicted molar refractivity (Wildman–Crippen MR) is 85.6 cm³/mol. The van der Waals surface area contributed by atoms with Gasteiger partial charge in [-0.25, -0.2) is 4.79 Å². The molecule has 1 rings (SSSR count). The normalized spacial score (nSPS) is 12.5. The molecule has 0 spiro atoms. The number of aliphatic carboxylic acids is 1. The van der Waals surface area contributed by atoms with Crippen molar-refractivity contribution in [2.24, 2.45) is 5.41 Å². The molecule has 132 valence electrons. The van der Waals surface area contributed by atoms with E-state index in [0.717, 1.165) is 22.9 Å². The average Bonchev–Trinajstić information content (AvgIpc) is 2.48. The highest BCUT2D eigenvalue weighted by Gasteiger charge is 2.32. The molecule has 1 unspecified atom stereocenters. The summed E-state index contributed by atoms with van der Waals surface area (Å²) < 4.78 is 1.08. The van der Waals surface area contributed by atoms with Gasteiger partial charge in [0.2, 0.25) is 5.91 Å². The summed E-state index contributed by atoms with van der Waals surface area (Å²) in [7, 11) is 0. The maximum absolute atomic E-state index is 12.4. The van der Waals surface area contributed by atoms with E-state index in [-0.39, 0.29) is 18.7 Å². The largest absolute Gasteiger partial charge is 0.480 e. The van der Waals surface area contributed by atoms with Crippen molar-refractivity contribution in [1.82, 2.24) is 9.88 Å². The average molecular weight is 339 g/mol. The quantitative estimate of drug-likeness (QED) is 0.539. The first-order valence-electron chi connectivity index (χ1n) is 7.47. The molecule has 0 saturated heterocycles. The van der Waals surface area contributed by atoms with Gasteiger partial charge in [-0.05, 0) is 20.3 Å². The molecule has 24 heavy (non-hydrogen) atoms. The fourth-order valence-corrected chi connectivity index (χ4v) is 2.15. The van der Waals surface area contributed by atoms with Crippen molar-refractivity contribution >= 4 is 17.6 Å². The Morgan fingerprint density at radius 3 is 2.54 bits per heavy atom. The molecular formula is C15H21N3O6. The number of hydrogen-bond donors (Lipinski definition) is 2. The first kappa shape index (κ1) is 19.3. The van der Waals surface area contributed by atoms with Crippen molar-refractivity contribution in [3.8, 4) is 0 Å². The van der Waals surface area contributed by atoms with Crippen LogP contribution in [-0.4, -0.2) is 32.5 Å². The second kappa shape index (κ2) is 7.71. The van der Waals surface area contributed by atoms with E-state index in [2.05, 4.69) is 5.32 Å². The lowest BCUT2D eigenvalue weighted by molar-refractivity contribution is -0.385. The van der Waals surface area contributed by atoms with Gasteiger partial charge in [-0.2, -0.15) is 0 Å². The van der Waals surface area contributed by atoms with Crippen LogP contribution in [0.15, 0.2) is 23.1 Å². The highest BCUT2D eigenvalue weighted by Crippen LogP contribution is 2.19. The number of rotatable bonds is 8.